The summed E-state index contributed by atoms with van der Waals surface area (Å²) in [6.45, 7) is 5.66. The first-order valence-corrected chi connectivity index (χ1v) is 8.75. The fraction of sp³-hybridized carbons (Fsp3) is 0.526. The zero-order valence-corrected chi connectivity index (χ0v) is 14.9. The monoisotopic (exact) mass is 370 g/mol. The summed E-state index contributed by atoms with van der Waals surface area (Å²) in [5.74, 6) is 0.270. The summed E-state index contributed by atoms with van der Waals surface area (Å²) in [6, 6.07) is 3.02. The lowest BCUT2D eigenvalue weighted by molar-refractivity contribution is -0.137. The molecule has 1 heterocycles. The van der Waals surface area contributed by atoms with Gasteiger partial charge in [-0.25, -0.2) is 0 Å². The number of rotatable bonds is 7. The first-order valence-electron chi connectivity index (χ1n) is 8.75. The van der Waals surface area contributed by atoms with E-state index in [4.69, 9.17) is 4.74 Å². The zero-order valence-electron chi connectivity index (χ0n) is 14.9. The maximum absolute atomic E-state index is 13.0. The topological polar surface area (TPSA) is 41.6 Å². The van der Waals surface area contributed by atoms with Gasteiger partial charge in [-0.3, -0.25) is 4.79 Å². The minimum absolute atomic E-state index is 0.0460. The number of amides is 1. The average molecular weight is 370 g/mol. The molecule has 0 aliphatic carbocycles. The number of benzene rings is 1. The number of likely N-dealkylation sites (tertiary alicyclic amines) is 1. The van der Waals surface area contributed by atoms with E-state index in [1.165, 1.54) is 12.1 Å². The van der Waals surface area contributed by atoms with Gasteiger partial charge in [-0.2, -0.15) is 13.2 Å². The van der Waals surface area contributed by atoms with Crippen LogP contribution in [0, 0.1) is 5.92 Å². The van der Waals surface area contributed by atoms with Crippen LogP contribution in [0.3, 0.4) is 0 Å². The van der Waals surface area contributed by atoms with E-state index >= 15 is 0 Å². The molecule has 1 aliphatic heterocycles. The smallest absolute Gasteiger partial charge is 0.416 e. The van der Waals surface area contributed by atoms with Crippen molar-refractivity contribution in [3.8, 4) is 5.75 Å². The maximum Gasteiger partial charge on any atom is 0.416 e. The molecule has 1 saturated heterocycles. The predicted molar refractivity (Wildman–Crippen MR) is 94.3 cm³/mol. The van der Waals surface area contributed by atoms with Gasteiger partial charge < -0.3 is 15.0 Å². The summed E-state index contributed by atoms with van der Waals surface area (Å²) in [5.41, 5.74) is -0.897. The average Bonchev–Trinajstić information content (AvgIpc) is 2.63. The molecule has 0 bridgehead atoms. The summed E-state index contributed by atoms with van der Waals surface area (Å²) in [5, 5.41) is 3.11. The number of piperidine rings is 1. The fourth-order valence-corrected chi connectivity index (χ4v) is 3.09. The number of ether oxygens (including phenoxy) is 1. The second-order valence-electron chi connectivity index (χ2n) is 6.44. The van der Waals surface area contributed by atoms with Crippen molar-refractivity contribution in [1.29, 1.82) is 0 Å². The van der Waals surface area contributed by atoms with Crippen molar-refractivity contribution in [1.82, 2.24) is 10.2 Å². The van der Waals surface area contributed by atoms with E-state index in [-0.39, 0.29) is 17.9 Å². The van der Waals surface area contributed by atoms with Gasteiger partial charge in [0.05, 0.1) is 11.1 Å². The molecule has 144 valence electrons. The molecule has 2 rings (SSSR count). The summed E-state index contributed by atoms with van der Waals surface area (Å²) in [7, 11) is 1.90. The molecule has 4 nitrogen and oxygen atoms in total. The molecule has 1 N–H and O–H groups in total. The second-order valence-corrected chi connectivity index (χ2v) is 6.44. The molecule has 0 radical (unpaired) electrons. The number of nitrogens with zero attached hydrogens (tertiary/aromatic N) is 1. The van der Waals surface area contributed by atoms with Crippen molar-refractivity contribution in [2.24, 2.45) is 5.92 Å². The summed E-state index contributed by atoms with van der Waals surface area (Å²) in [4.78, 5) is 14.4. The molecule has 26 heavy (non-hydrogen) atoms. The Morgan fingerprint density at radius 1 is 1.38 bits per heavy atom. The summed E-state index contributed by atoms with van der Waals surface area (Å²) < 4.78 is 44.5. The normalized spacial score (nSPS) is 15.8. The molecule has 0 saturated carbocycles. The number of carbonyl (C=O) groups is 1. The van der Waals surface area contributed by atoms with E-state index in [0.717, 1.165) is 37.9 Å². The molecule has 1 aromatic carbocycles. The molecule has 0 aromatic heterocycles. The summed E-state index contributed by atoms with van der Waals surface area (Å²) in [6.07, 6.45) is -0.272. The van der Waals surface area contributed by atoms with Crippen LogP contribution in [-0.2, 0) is 6.18 Å². The van der Waals surface area contributed by atoms with Crippen LogP contribution in [-0.4, -0.2) is 44.1 Å². The number of alkyl halides is 3. The second kappa shape index (κ2) is 9.07. The maximum atomic E-state index is 13.0. The lowest BCUT2D eigenvalue weighted by Gasteiger charge is -2.32. The van der Waals surface area contributed by atoms with Gasteiger partial charge in [0.25, 0.3) is 5.91 Å². The Morgan fingerprint density at radius 2 is 2.08 bits per heavy atom. The van der Waals surface area contributed by atoms with Crippen LogP contribution in [0.2, 0.25) is 0 Å². The quantitative estimate of drug-likeness (QED) is 0.744. The Kier molecular flexibility index (Phi) is 7.08. The molecule has 0 spiro atoms. The van der Waals surface area contributed by atoms with Gasteiger partial charge in [0.2, 0.25) is 0 Å². The highest BCUT2D eigenvalue weighted by atomic mass is 19.4. The Morgan fingerprint density at radius 3 is 2.65 bits per heavy atom. The Hall–Kier alpha value is -2.02. The zero-order chi connectivity index (χ0) is 19.2. The van der Waals surface area contributed by atoms with Gasteiger partial charge >= 0.3 is 6.18 Å². The highest BCUT2D eigenvalue weighted by Gasteiger charge is 2.33. The number of hydrogen-bond donors (Lipinski definition) is 1. The Balaban J connectivity index is 2.16. The van der Waals surface area contributed by atoms with Crippen molar-refractivity contribution in [3.63, 3.8) is 0 Å². The SMILES string of the molecule is C=CCOc1ccc(C(F)(F)F)cc1C(=O)N1CCC(CCNC)CC1. The minimum Gasteiger partial charge on any atom is -0.489 e. The standard InChI is InChI=1S/C19H25F3N2O2/c1-3-12-26-17-5-4-15(19(20,21)22)13-16(17)18(25)24-10-7-14(8-11-24)6-9-23-2/h3-5,13-14,23H,1,6-12H2,2H3. The number of nitrogens with one attached hydrogen (secondary N) is 1. The highest BCUT2D eigenvalue weighted by molar-refractivity contribution is 5.97. The lowest BCUT2D eigenvalue weighted by atomic mass is 9.93. The summed E-state index contributed by atoms with van der Waals surface area (Å²) >= 11 is 0. The third kappa shape index (κ3) is 5.24. The van der Waals surface area contributed by atoms with E-state index in [2.05, 4.69) is 11.9 Å². The van der Waals surface area contributed by atoms with E-state index in [0.29, 0.717) is 19.0 Å². The molecular formula is C19H25F3N2O2. The molecule has 0 unspecified atom stereocenters. The van der Waals surface area contributed by atoms with Crippen molar-refractivity contribution >= 4 is 5.91 Å². The van der Waals surface area contributed by atoms with Gasteiger partial charge in [0.1, 0.15) is 12.4 Å². The Bertz CT molecular complexity index is 624. The van der Waals surface area contributed by atoms with Crippen LogP contribution >= 0.6 is 0 Å². The largest absolute Gasteiger partial charge is 0.489 e. The molecule has 1 amide bonds. The predicted octanol–water partition coefficient (Wildman–Crippen LogP) is 3.73. The number of carbonyl (C=O) groups excluding carboxylic acids is 1. The van der Waals surface area contributed by atoms with Crippen molar-refractivity contribution in [2.45, 2.75) is 25.4 Å². The van der Waals surface area contributed by atoms with Crippen LogP contribution in [0.5, 0.6) is 5.75 Å². The van der Waals surface area contributed by atoms with E-state index in [1.807, 2.05) is 7.05 Å². The Labute approximate surface area is 152 Å². The van der Waals surface area contributed by atoms with Crippen molar-refractivity contribution < 1.29 is 22.7 Å². The third-order valence-electron chi connectivity index (χ3n) is 4.60. The first-order chi connectivity index (χ1) is 12.4. The van der Waals surface area contributed by atoms with E-state index in [1.54, 1.807) is 4.90 Å². The van der Waals surface area contributed by atoms with Gasteiger partial charge in [-0.05, 0) is 57.0 Å². The van der Waals surface area contributed by atoms with Crippen LogP contribution in [0.15, 0.2) is 30.9 Å². The number of hydrogen-bond acceptors (Lipinski definition) is 3. The molecule has 0 atom stereocenters. The molecule has 1 aromatic rings. The van der Waals surface area contributed by atoms with Crippen LogP contribution < -0.4 is 10.1 Å². The van der Waals surface area contributed by atoms with Gasteiger partial charge in [-0.15, -0.1) is 0 Å². The first kappa shape index (κ1) is 20.3. The third-order valence-corrected chi connectivity index (χ3v) is 4.60. The van der Waals surface area contributed by atoms with Gasteiger partial charge in [0.15, 0.2) is 0 Å². The molecule has 7 heteroatoms. The minimum atomic E-state index is -4.51. The van der Waals surface area contributed by atoms with E-state index in [9.17, 15) is 18.0 Å². The van der Waals surface area contributed by atoms with Gasteiger partial charge in [0, 0.05) is 13.1 Å². The van der Waals surface area contributed by atoms with Crippen molar-refractivity contribution in [2.75, 3.05) is 33.3 Å². The van der Waals surface area contributed by atoms with Crippen LogP contribution in [0.25, 0.3) is 0 Å². The van der Waals surface area contributed by atoms with Crippen LogP contribution in [0.4, 0.5) is 13.2 Å². The fourth-order valence-electron chi connectivity index (χ4n) is 3.09. The van der Waals surface area contributed by atoms with Gasteiger partial charge in [-0.1, -0.05) is 12.7 Å². The van der Waals surface area contributed by atoms with Crippen LogP contribution in [0.1, 0.15) is 35.2 Å². The molecule has 1 aliphatic rings. The lowest BCUT2D eigenvalue weighted by Crippen LogP contribution is -2.39. The highest BCUT2D eigenvalue weighted by Crippen LogP contribution is 2.33. The molecule has 1 fully saturated rings. The number of halogens is 3. The van der Waals surface area contributed by atoms with Crippen molar-refractivity contribution in [3.05, 3.63) is 42.0 Å². The molecular weight excluding hydrogens is 345 g/mol. The van der Waals surface area contributed by atoms with E-state index < -0.39 is 17.6 Å².